The molecule has 1 amide bonds. The van der Waals surface area contributed by atoms with E-state index in [4.69, 9.17) is 4.74 Å². The molecule has 2 N–H and O–H groups in total. The van der Waals surface area contributed by atoms with E-state index in [1.54, 1.807) is 0 Å². The molecule has 1 atom stereocenters. The first-order valence-corrected chi connectivity index (χ1v) is 5.13. The quantitative estimate of drug-likeness (QED) is 0.672. The van der Waals surface area contributed by atoms with Gasteiger partial charge in [0.15, 0.2) is 0 Å². The Morgan fingerprint density at radius 2 is 2.27 bits per heavy atom. The predicted octanol–water partition coefficient (Wildman–Crippen LogP) is 1.05. The van der Waals surface area contributed by atoms with Gasteiger partial charge in [0.2, 0.25) is 5.91 Å². The molecule has 0 aromatic heterocycles. The highest BCUT2D eigenvalue weighted by atomic mass is 16.5. The number of rotatable bonds is 1. The minimum Gasteiger partial charge on any atom is -0.491 e. The number of nitrogens with one attached hydrogen (secondary N) is 2. The van der Waals surface area contributed by atoms with Crippen molar-refractivity contribution in [1.29, 1.82) is 0 Å². The summed E-state index contributed by atoms with van der Waals surface area (Å²) in [5, 5.41) is 6.08. The van der Waals surface area contributed by atoms with Gasteiger partial charge >= 0.3 is 0 Å². The fraction of sp³-hybridized carbons (Fsp3) is 0.364. The van der Waals surface area contributed by atoms with Gasteiger partial charge in [-0.1, -0.05) is 6.07 Å². The normalized spacial score (nSPS) is 23.5. The van der Waals surface area contributed by atoms with Gasteiger partial charge in [-0.15, -0.1) is 0 Å². The van der Waals surface area contributed by atoms with Crippen LogP contribution in [0.2, 0.25) is 0 Å². The molecular weight excluding hydrogens is 192 g/mol. The Labute approximate surface area is 87.6 Å². The van der Waals surface area contributed by atoms with Crippen molar-refractivity contribution in [3.63, 3.8) is 0 Å². The first-order valence-electron chi connectivity index (χ1n) is 5.13. The first-order chi connectivity index (χ1) is 7.33. The van der Waals surface area contributed by atoms with Crippen LogP contribution in [0.15, 0.2) is 18.2 Å². The van der Waals surface area contributed by atoms with E-state index in [0.29, 0.717) is 19.1 Å². The lowest BCUT2D eigenvalue weighted by atomic mass is 10.1. The van der Waals surface area contributed by atoms with Crippen LogP contribution in [0.1, 0.15) is 18.0 Å². The summed E-state index contributed by atoms with van der Waals surface area (Å²) in [6.07, 6.45) is 0.422. The van der Waals surface area contributed by atoms with Crippen LogP contribution in [0.25, 0.3) is 0 Å². The van der Waals surface area contributed by atoms with Gasteiger partial charge in [-0.05, 0) is 17.7 Å². The van der Waals surface area contributed by atoms with Crippen LogP contribution in [-0.4, -0.2) is 19.1 Å². The number of benzene rings is 1. The molecule has 1 aromatic carbocycles. The topological polar surface area (TPSA) is 60.3 Å². The number of hydrogen-bond acceptors (Lipinski definition) is 3. The smallest absolute Gasteiger partial charge is 0.227 e. The molecule has 0 saturated carbocycles. The van der Waals surface area contributed by atoms with Crippen LogP contribution in [0.3, 0.4) is 0 Å². The van der Waals surface area contributed by atoms with Gasteiger partial charge in [-0.2, -0.15) is 0 Å². The first kappa shape index (κ1) is 8.73. The Hall–Kier alpha value is -1.55. The molecule has 4 nitrogen and oxygen atoms in total. The molecule has 78 valence electrons. The number of hydrogen-bond donors (Lipinski definition) is 2. The van der Waals surface area contributed by atoms with Crippen LogP contribution in [0.4, 0.5) is 5.69 Å². The third-order valence-electron chi connectivity index (χ3n) is 2.68. The van der Waals surface area contributed by atoms with Crippen molar-refractivity contribution in [2.75, 3.05) is 18.5 Å². The lowest BCUT2D eigenvalue weighted by molar-refractivity contribution is -0.116. The second kappa shape index (κ2) is 3.24. The lowest BCUT2D eigenvalue weighted by Gasteiger charge is -2.08. The highest BCUT2D eigenvalue weighted by Crippen LogP contribution is 2.32. The third kappa shape index (κ3) is 1.68. The van der Waals surface area contributed by atoms with E-state index in [1.807, 2.05) is 18.2 Å². The highest BCUT2D eigenvalue weighted by Gasteiger charge is 2.24. The fourth-order valence-electron chi connectivity index (χ4n) is 1.75. The predicted molar refractivity (Wildman–Crippen MR) is 55.9 cm³/mol. The summed E-state index contributed by atoms with van der Waals surface area (Å²) >= 11 is 0. The number of ether oxygens (including phenoxy) is 1. The molecule has 3 rings (SSSR count). The van der Waals surface area contributed by atoms with Crippen molar-refractivity contribution in [3.05, 3.63) is 23.8 Å². The molecule has 0 radical (unpaired) electrons. The Morgan fingerprint density at radius 1 is 1.40 bits per heavy atom. The molecule has 1 aromatic rings. The van der Waals surface area contributed by atoms with E-state index < -0.39 is 0 Å². The summed E-state index contributed by atoms with van der Waals surface area (Å²) in [6.45, 7) is 1.48. The van der Waals surface area contributed by atoms with Crippen LogP contribution in [0, 0.1) is 0 Å². The number of carbonyl (C=O) groups excluding carboxylic acids is 1. The summed E-state index contributed by atoms with van der Waals surface area (Å²) < 4.78 is 5.47. The zero-order valence-electron chi connectivity index (χ0n) is 8.25. The van der Waals surface area contributed by atoms with Gasteiger partial charge in [0.05, 0.1) is 18.7 Å². The van der Waals surface area contributed by atoms with Crippen LogP contribution in [-0.2, 0) is 4.79 Å². The van der Waals surface area contributed by atoms with Crippen LogP contribution >= 0.6 is 0 Å². The maximum atomic E-state index is 11.3. The summed E-state index contributed by atoms with van der Waals surface area (Å²) in [5.74, 6) is 0.792. The second-order valence-electron chi connectivity index (χ2n) is 3.86. The molecule has 1 saturated heterocycles. The van der Waals surface area contributed by atoms with E-state index in [0.717, 1.165) is 18.0 Å². The van der Waals surface area contributed by atoms with Gasteiger partial charge in [-0.3, -0.25) is 4.79 Å². The molecular formula is C11H12N2O2. The maximum Gasteiger partial charge on any atom is 0.227 e. The zero-order chi connectivity index (χ0) is 10.3. The van der Waals surface area contributed by atoms with E-state index in [9.17, 15) is 4.79 Å². The maximum absolute atomic E-state index is 11.3. The van der Waals surface area contributed by atoms with Crippen molar-refractivity contribution in [3.8, 4) is 5.75 Å². The molecule has 0 aliphatic carbocycles. The molecule has 1 unspecified atom stereocenters. The molecule has 2 heterocycles. The Kier molecular flexibility index (Phi) is 1.89. The van der Waals surface area contributed by atoms with Crippen molar-refractivity contribution in [2.24, 2.45) is 0 Å². The van der Waals surface area contributed by atoms with Crippen molar-refractivity contribution in [1.82, 2.24) is 5.32 Å². The zero-order valence-corrected chi connectivity index (χ0v) is 8.25. The standard InChI is InChI=1S/C11H12N2O2/c14-11-3-4-15-10-2-1-7(9-6-12-9)5-8(10)13-11/h1-2,5,9,12H,3-4,6H2,(H,13,14). The molecule has 15 heavy (non-hydrogen) atoms. The van der Waals surface area contributed by atoms with E-state index in [1.165, 1.54) is 5.56 Å². The van der Waals surface area contributed by atoms with Crippen LogP contribution < -0.4 is 15.4 Å². The Morgan fingerprint density at radius 3 is 3.07 bits per heavy atom. The molecule has 2 aliphatic rings. The minimum atomic E-state index is 0.0228. The third-order valence-corrected chi connectivity index (χ3v) is 2.68. The minimum absolute atomic E-state index is 0.0228. The molecule has 0 bridgehead atoms. The fourth-order valence-corrected chi connectivity index (χ4v) is 1.75. The summed E-state index contributed by atoms with van der Waals surface area (Å²) in [6, 6.07) is 6.41. The SMILES string of the molecule is O=C1CCOc2ccc(C3CN3)cc2N1. The summed E-state index contributed by atoms with van der Waals surface area (Å²) in [5.41, 5.74) is 2.00. The van der Waals surface area contributed by atoms with E-state index in [2.05, 4.69) is 10.6 Å². The van der Waals surface area contributed by atoms with Crippen molar-refractivity contribution < 1.29 is 9.53 Å². The van der Waals surface area contributed by atoms with Crippen molar-refractivity contribution >= 4 is 11.6 Å². The van der Waals surface area contributed by atoms with Gasteiger partial charge < -0.3 is 15.4 Å². The highest BCUT2D eigenvalue weighted by molar-refractivity contribution is 5.93. The van der Waals surface area contributed by atoms with Gasteiger partial charge in [-0.25, -0.2) is 0 Å². The number of amides is 1. The summed E-state index contributed by atoms with van der Waals surface area (Å²) in [4.78, 5) is 11.3. The van der Waals surface area contributed by atoms with Gasteiger partial charge in [0.1, 0.15) is 5.75 Å². The second-order valence-corrected chi connectivity index (χ2v) is 3.86. The molecule has 0 spiro atoms. The van der Waals surface area contributed by atoms with Crippen molar-refractivity contribution in [2.45, 2.75) is 12.5 Å². The lowest BCUT2D eigenvalue weighted by Crippen LogP contribution is -2.10. The monoisotopic (exact) mass is 204 g/mol. The number of anilines is 1. The average Bonchev–Trinajstić information content (AvgIpc) is 3.02. The Balaban J connectivity index is 1.97. The molecule has 4 heteroatoms. The summed E-state index contributed by atoms with van der Waals surface area (Å²) in [7, 11) is 0. The number of fused-ring (bicyclic) bond motifs is 1. The molecule has 2 aliphatic heterocycles. The van der Waals surface area contributed by atoms with Gasteiger partial charge in [0, 0.05) is 12.6 Å². The Bertz CT molecular complexity index is 413. The van der Waals surface area contributed by atoms with E-state index >= 15 is 0 Å². The van der Waals surface area contributed by atoms with Crippen LogP contribution in [0.5, 0.6) is 5.75 Å². The average molecular weight is 204 g/mol. The number of carbonyl (C=O) groups is 1. The van der Waals surface area contributed by atoms with Gasteiger partial charge in [0.25, 0.3) is 0 Å². The van der Waals surface area contributed by atoms with E-state index in [-0.39, 0.29) is 5.91 Å². The molecule has 1 fully saturated rings. The largest absolute Gasteiger partial charge is 0.491 e.